The summed E-state index contributed by atoms with van der Waals surface area (Å²) >= 11 is 1.31. The van der Waals surface area contributed by atoms with Gasteiger partial charge in [-0.25, -0.2) is 9.78 Å². The Hall–Kier alpha value is -2.02. The summed E-state index contributed by atoms with van der Waals surface area (Å²) in [4.78, 5) is 27.5. The lowest BCUT2D eigenvalue weighted by Crippen LogP contribution is -2.23. The van der Waals surface area contributed by atoms with Crippen LogP contribution < -0.4 is 5.73 Å². The van der Waals surface area contributed by atoms with Crippen LogP contribution in [0, 0.1) is 0 Å². The van der Waals surface area contributed by atoms with E-state index in [9.17, 15) is 9.59 Å². The predicted octanol–water partition coefficient (Wildman–Crippen LogP) is 2.20. The van der Waals surface area contributed by atoms with Crippen LogP contribution in [-0.2, 0) is 16.1 Å². The molecule has 0 spiro atoms. The van der Waals surface area contributed by atoms with Gasteiger partial charge in [-0.2, -0.15) is 0 Å². The number of thioether (sulfide) groups is 1. The van der Waals surface area contributed by atoms with Gasteiger partial charge in [0.15, 0.2) is 5.16 Å². The Labute approximate surface area is 133 Å². The van der Waals surface area contributed by atoms with E-state index in [1.165, 1.54) is 11.8 Å². The summed E-state index contributed by atoms with van der Waals surface area (Å²) in [5.74, 6) is -0.748. The van der Waals surface area contributed by atoms with E-state index in [0.29, 0.717) is 29.4 Å². The largest absolute Gasteiger partial charge is 0.462 e. The second kappa shape index (κ2) is 6.83. The molecule has 1 aromatic carbocycles. The van der Waals surface area contributed by atoms with Crippen molar-refractivity contribution in [2.75, 3.05) is 6.61 Å². The van der Waals surface area contributed by atoms with E-state index in [1.807, 2.05) is 17.6 Å². The zero-order chi connectivity index (χ0) is 16.3. The molecule has 1 aromatic heterocycles. The van der Waals surface area contributed by atoms with Crippen LogP contribution >= 0.6 is 11.8 Å². The Bertz CT molecular complexity index is 711. The van der Waals surface area contributed by atoms with Crippen molar-refractivity contribution >= 4 is 34.7 Å². The Balaban J connectivity index is 2.42. The standard InChI is InChI=1S/C15H19N3O3S/c1-4-18-12-7-6-10(14(20)21-5-2)8-11(12)17-15(18)22-9(3)13(16)19/h6-9H,4-5H2,1-3H3,(H2,16,19). The number of hydrogen-bond donors (Lipinski definition) is 1. The average Bonchev–Trinajstić information content (AvgIpc) is 2.83. The molecule has 22 heavy (non-hydrogen) atoms. The fourth-order valence-corrected chi connectivity index (χ4v) is 3.00. The van der Waals surface area contributed by atoms with Crippen LogP contribution in [0.25, 0.3) is 11.0 Å². The maximum absolute atomic E-state index is 11.8. The first-order chi connectivity index (χ1) is 10.5. The van der Waals surface area contributed by atoms with Crippen LogP contribution in [0.5, 0.6) is 0 Å². The van der Waals surface area contributed by atoms with Crippen molar-refractivity contribution in [1.82, 2.24) is 9.55 Å². The van der Waals surface area contributed by atoms with Gasteiger partial charge in [0.05, 0.1) is 28.5 Å². The van der Waals surface area contributed by atoms with Crippen LogP contribution in [-0.4, -0.2) is 33.3 Å². The molecule has 1 heterocycles. The molecule has 1 atom stereocenters. The number of primary amides is 1. The molecule has 2 rings (SSSR count). The maximum atomic E-state index is 11.8. The molecule has 0 fully saturated rings. The number of carbonyl (C=O) groups excluding carboxylic acids is 2. The Morgan fingerprint density at radius 2 is 2.14 bits per heavy atom. The summed E-state index contributed by atoms with van der Waals surface area (Å²) in [6.45, 7) is 6.55. The van der Waals surface area contributed by atoms with Crippen LogP contribution in [0.1, 0.15) is 31.1 Å². The number of aryl methyl sites for hydroxylation is 1. The Kier molecular flexibility index (Phi) is 5.07. The molecule has 0 aliphatic rings. The van der Waals surface area contributed by atoms with Crippen molar-refractivity contribution in [3.05, 3.63) is 23.8 Å². The molecule has 118 valence electrons. The SMILES string of the molecule is CCOC(=O)c1ccc2c(c1)nc(SC(C)C(N)=O)n2CC. The zero-order valence-electron chi connectivity index (χ0n) is 12.8. The van der Waals surface area contributed by atoms with Gasteiger partial charge in [0.1, 0.15) is 0 Å². The van der Waals surface area contributed by atoms with Gasteiger partial charge in [-0.3, -0.25) is 4.79 Å². The summed E-state index contributed by atoms with van der Waals surface area (Å²) in [6, 6.07) is 5.27. The second-order valence-electron chi connectivity index (χ2n) is 4.73. The zero-order valence-corrected chi connectivity index (χ0v) is 13.6. The molecule has 0 bridgehead atoms. The third kappa shape index (κ3) is 3.24. The van der Waals surface area contributed by atoms with Crippen molar-refractivity contribution in [1.29, 1.82) is 0 Å². The van der Waals surface area contributed by atoms with Crippen LogP contribution in [0.15, 0.2) is 23.4 Å². The number of esters is 1. The third-order valence-electron chi connectivity index (χ3n) is 3.22. The second-order valence-corrected chi connectivity index (χ2v) is 6.03. The van der Waals surface area contributed by atoms with Crippen LogP contribution in [0.4, 0.5) is 0 Å². The summed E-state index contributed by atoms with van der Waals surface area (Å²) in [6.07, 6.45) is 0. The minimum atomic E-state index is -0.382. The molecule has 2 N–H and O–H groups in total. The van der Waals surface area contributed by atoms with E-state index >= 15 is 0 Å². The van der Waals surface area contributed by atoms with Crippen LogP contribution in [0.3, 0.4) is 0 Å². The average molecular weight is 321 g/mol. The summed E-state index contributed by atoms with van der Waals surface area (Å²) in [5, 5.41) is 0.344. The van der Waals surface area contributed by atoms with Gasteiger partial charge >= 0.3 is 5.97 Å². The number of carbonyl (C=O) groups is 2. The van der Waals surface area contributed by atoms with E-state index < -0.39 is 0 Å². The lowest BCUT2D eigenvalue weighted by Gasteiger charge is -2.08. The number of ether oxygens (including phenoxy) is 1. The van der Waals surface area contributed by atoms with Crippen molar-refractivity contribution < 1.29 is 14.3 Å². The molecule has 0 saturated carbocycles. The molecule has 1 amide bonds. The highest BCUT2D eigenvalue weighted by molar-refractivity contribution is 8.00. The number of rotatable bonds is 6. The van der Waals surface area contributed by atoms with Crippen LogP contribution in [0.2, 0.25) is 0 Å². The van der Waals surface area contributed by atoms with E-state index in [0.717, 1.165) is 5.52 Å². The molecule has 0 aliphatic carbocycles. The maximum Gasteiger partial charge on any atom is 0.338 e. The molecular weight excluding hydrogens is 302 g/mol. The van der Waals surface area contributed by atoms with E-state index in [-0.39, 0.29) is 17.1 Å². The first-order valence-electron chi connectivity index (χ1n) is 7.11. The molecule has 2 aromatic rings. The quantitative estimate of drug-likeness (QED) is 0.651. The smallest absolute Gasteiger partial charge is 0.338 e. The summed E-state index contributed by atoms with van der Waals surface area (Å²) in [7, 11) is 0. The monoisotopic (exact) mass is 321 g/mol. The van der Waals surface area contributed by atoms with Gasteiger partial charge < -0.3 is 15.0 Å². The third-order valence-corrected chi connectivity index (χ3v) is 4.33. The number of hydrogen-bond acceptors (Lipinski definition) is 5. The van der Waals surface area contributed by atoms with Gasteiger partial charge in [-0.15, -0.1) is 0 Å². The predicted molar refractivity (Wildman–Crippen MR) is 85.9 cm³/mol. The highest BCUT2D eigenvalue weighted by Gasteiger charge is 2.18. The molecule has 7 heteroatoms. The van der Waals surface area contributed by atoms with Gasteiger partial charge in [0, 0.05) is 6.54 Å². The molecule has 0 radical (unpaired) electrons. The number of fused-ring (bicyclic) bond motifs is 1. The Morgan fingerprint density at radius 3 is 2.73 bits per heavy atom. The van der Waals surface area contributed by atoms with Crippen molar-refractivity contribution in [3.8, 4) is 0 Å². The van der Waals surface area contributed by atoms with Gasteiger partial charge in [0.2, 0.25) is 5.91 Å². The molecule has 0 aliphatic heterocycles. The molecule has 0 saturated heterocycles. The number of benzene rings is 1. The number of imidazole rings is 1. The van der Waals surface area contributed by atoms with Crippen molar-refractivity contribution in [3.63, 3.8) is 0 Å². The normalized spacial score (nSPS) is 12.3. The molecule has 6 nitrogen and oxygen atoms in total. The highest BCUT2D eigenvalue weighted by atomic mass is 32.2. The van der Waals surface area contributed by atoms with E-state index in [2.05, 4.69) is 4.98 Å². The minimum absolute atomic E-state index is 0.331. The lowest BCUT2D eigenvalue weighted by atomic mass is 10.2. The number of amides is 1. The van der Waals surface area contributed by atoms with Crippen molar-refractivity contribution in [2.45, 2.75) is 37.7 Å². The highest BCUT2D eigenvalue weighted by Crippen LogP contribution is 2.27. The molecular formula is C15H19N3O3S. The lowest BCUT2D eigenvalue weighted by molar-refractivity contribution is -0.117. The van der Waals surface area contributed by atoms with Gasteiger partial charge in [-0.05, 0) is 39.0 Å². The van der Waals surface area contributed by atoms with Crippen molar-refractivity contribution in [2.24, 2.45) is 5.73 Å². The van der Waals surface area contributed by atoms with E-state index in [4.69, 9.17) is 10.5 Å². The molecule has 1 unspecified atom stereocenters. The first kappa shape index (κ1) is 16.4. The van der Waals surface area contributed by atoms with E-state index in [1.54, 1.807) is 26.0 Å². The number of aromatic nitrogens is 2. The summed E-state index contributed by atoms with van der Waals surface area (Å²) < 4.78 is 6.99. The topological polar surface area (TPSA) is 87.2 Å². The summed E-state index contributed by atoms with van der Waals surface area (Å²) in [5.41, 5.74) is 7.39. The first-order valence-corrected chi connectivity index (χ1v) is 7.99. The fraction of sp³-hybridized carbons (Fsp3) is 0.400. The van der Waals surface area contributed by atoms with Gasteiger partial charge in [0.25, 0.3) is 0 Å². The number of nitrogens with two attached hydrogens (primary N) is 1. The fourth-order valence-electron chi connectivity index (χ4n) is 2.06. The Morgan fingerprint density at radius 1 is 1.41 bits per heavy atom. The van der Waals surface area contributed by atoms with Gasteiger partial charge in [-0.1, -0.05) is 11.8 Å². The number of nitrogens with zero attached hydrogens (tertiary/aromatic N) is 2. The minimum Gasteiger partial charge on any atom is -0.462 e.